The van der Waals surface area contributed by atoms with Gasteiger partial charge in [0.25, 0.3) is 0 Å². The van der Waals surface area contributed by atoms with Crippen LogP contribution >= 0.6 is 11.6 Å². The van der Waals surface area contributed by atoms with E-state index in [2.05, 4.69) is 41.4 Å². The summed E-state index contributed by atoms with van der Waals surface area (Å²) in [6, 6.07) is 10.4. The highest BCUT2D eigenvalue weighted by Crippen LogP contribution is 2.19. The number of nitrogens with zero attached hydrogens (tertiary/aromatic N) is 1. The molecule has 2 aromatic rings. The van der Waals surface area contributed by atoms with Crippen molar-refractivity contribution in [1.29, 1.82) is 0 Å². The third-order valence-corrected chi connectivity index (χ3v) is 2.72. The molecule has 0 aliphatic heterocycles. The molecule has 2 nitrogen and oxygen atoms in total. The van der Waals surface area contributed by atoms with E-state index in [9.17, 15) is 0 Å². The quantitative estimate of drug-likeness (QED) is 0.790. The Kier molecular flexibility index (Phi) is 3.07. The minimum absolute atomic E-state index is 0.472. The molecule has 0 spiro atoms. The van der Waals surface area contributed by atoms with Gasteiger partial charge < -0.3 is 0 Å². The van der Waals surface area contributed by atoms with Crippen molar-refractivity contribution in [2.75, 3.05) is 0 Å². The van der Waals surface area contributed by atoms with Gasteiger partial charge in [-0.3, -0.25) is 5.10 Å². The Morgan fingerprint density at radius 2 is 2.00 bits per heavy atom. The van der Waals surface area contributed by atoms with Gasteiger partial charge in [0.2, 0.25) is 0 Å². The summed E-state index contributed by atoms with van der Waals surface area (Å²) in [4.78, 5) is 0. The van der Waals surface area contributed by atoms with Crippen LogP contribution in [0, 0.1) is 0 Å². The van der Waals surface area contributed by atoms with Crippen LogP contribution in [0.5, 0.6) is 0 Å². The van der Waals surface area contributed by atoms with Crippen molar-refractivity contribution >= 4 is 11.6 Å². The van der Waals surface area contributed by atoms with E-state index in [1.807, 2.05) is 6.07 Å². The Morgan fingerprint density at radius 1 is 1.27 bits per heavy atom. The van der Waals surface area contributed by atoms with Gasteiger partial charge in [-0.1, -0.05) is 31.2 Å². The van der Waals surface area contributed by atoms with Gasteiger partial charge in [0.1, 0.15) is 0 Å². The van der Waals surface area contributed by atoms with E-state index in [0.717, 1.165) is 23.4 Å². The Balaban J connectivity index is 2.28. The monoisotopic (exact) mass is 220 g/mol. The normalized spacial score (nSPS) is 10.5. The molecule has 1 aromatic carbocycles. The maximum absolute atomic E-state index is 5.70. The van der Waals surface area contributed by atoms with E-state index in [1.165, 1.54) is 5.56 Å². The van der Waals surface area contributed by atoms with Crippen molar-refractivity contribution in [3.63, 3.8) is 0 Å². The van der Waals surface area contributed by atoms with Crippen molar-refractivity contribution in [1.82, 2.24) is 10.2 Å². The van der Waals surface area contributed by atoms with Crippen LogP contribution < -0.4 is 0 Å². The molecule has 15 heavy (non-hydrogen) atoms. The summed E-state index contributed by atoms with van der Waals surface area (Å²) in [6.45, 7) is 2.15. The molecule has 0 unspecified atom stereocenters. The van der Waals surface area contributed by atoms with Gasteiger partial charge in [-0.15, -0.1) is 11.6 Å². The number of H-pyrrole nitrogens is 1. The minimum Gasteiger partial charge on any atom is -0.281 e. The Bertz CT molecular complexity index is 431. The lowest BCUT2D eigenvalue weighted by Gasteiger charge is -1.98. The first kappa shape index (κ1) is 10.2. The van der Waals surface area contributed by atoms with Gasteiger partial charge in [-0.2, -0.15) is 5.10 Å². The highest BCUT2D eigenvalue weighted by Gasteiger charge is 2.02. The van der Waals surface area contributed by atoms with Crippen LogP contribution in [0.1, 0.15) is 18.2 Å². The summed E-state index contributed by atoms with van der Waals surface area (Å²) in [7, 11) is 0. The third kappa shape index (κ3) is 2.21. The van der Waals surface area contributed by atoms with Crippen molar-refractivity contribution in [3.8, 4) is 11.3 Å². The van der Waals surface area contributed by atoms with Gasteiger partial charge >= 0.3 is 0 Å². The molecule has 0 amide bonds. The van der Waals surface area contributed by atoms with Crippen molar-refractivity contribution in [3.05, 3.63) is 41.6 Å². The van der Waals surface area contributed by atoms with E-state index in [1.54, 1.807) is 0 Å². The molecule has 0 atom stereocenters. The lowest BCUT2D eigenvalue weighted by atomic mass is 10.1. The van der Waals surface area contributed by atoms with Crippen molar-refractivity contribution < 1.29 is 0 Å². The number of alkyl halides is 1. The number of hydrogen-bond acceptors (Lipinski definition) is 1. The highest BCUT2D eigenvalue weighted by atomic mass is 35.5. The average Bonchev–Trinajstić information content (AvgIpc) is 2.78. The number of benzene rings is 1. The number of aromatic amines is 1. The number of aromatic nitrogens is 2. The second-order valence-electron chi connectivity index (χ2n) is 3.46. The van der Waals surface area contributed by atoms with Crippen LogP contribution in [0.3, 0.4) is 0 Å². The summed E-state index contributed by atoms with van der Waals surface area (Å²) in [5.74, 6) is 0.472. The van der Waals surface area contributed by atoms with Crippen molar-refractivity contribution in [2.24, 2.45) is 0 Å². The highest BCUT2D eigenvalue weighted by molar-refractivity contribution is 6.16. The molecule has 2 rings (SSSR count). The van der Waals surface area contributed by atoms with Crippen LogP contribution in [0.2, 0.25) is 0 Å². The van der Waals surface area contributed by atoms with Gasteiger partial charge in [0, 0.05) is 5.56 Å². The van der Waals surface area contributed by atoms with E-state index >= 15 is 0 Å². The van der Waals surface area contributed by atoms with E-state index in [0.29, 0.717) is 5.88 Å². The zero-order valence-electron chi connectivity index (χ0n) is 8.63. The fraction of sp³-hybridized carbons (Fsp3) is 0.250. The number of halogens is 1. The molecule has 0 bridgehead atoms. The first-order valence-corrected chi connectivity index (χ1v) is 5.56. The molecule has 0 aliphatic carbocycles. The van der Waals surface area contributed by atoms with Gasteiger partial charge in [0.05, 0.1) is 17.3 Å². The second-order valence-corrected chi connectivity index (χ2v) is 3.73. The molecular weight excluding hydrogens is 208 g/mol. The molecule has 0 fully saturated rings. The fourth-order valence-corrected chi connectivity index (χ4v) is 1.63. The summed E-state index contributed by atoms with van der Waals surface area (Å²) < 4.78 is 0. The first-order chi connectivity index (χ1) is 7.33. The topological polar surface area (TPSA) is 28.7 Å². The van der Waals surface area contributed by atoms with Gasteiger partial charge in [0.15, 0.2) is 0 Å². The first-order valence-electron chi connectivity index (χ1n) is 5.03. The number of nitrogens with one attached hydrogen (secondary N) is 1. The SMILES string of the molecule is CCc1ccc(-c2cc(CCl)[nH]n2)cc1. The van der Waals surface area contributed by atoms with Crippen molar-refractivity contribution in [2.45, 2.75) is 19.2 Å². The zero-order chi connectivity index (χ0) is 10.7. The Hall–Kier alpha value is -1.28. The largest absolute Gasteiger partial charge is 0.281 e. The summed E-state index contributed by atoms with van der Waals surface area (Å²) in [5, 5.41) is 7.10. The molecule has 1 aromatic heterocycles. The minimum atomic E-state index is 0.472. The fourth-order valence-electron chi connectivity index (χ4n) is 1.49. The molecule has 0 saturated heterocycles. The summed E-state index contributed by atoms with van der Waals surface area (Å²) in [5.41, 5.74) is 4.37. The predicted molar refractivity (Wildman–Crippen MR) is 63.0 cm³/mol. The Morgan fingerprint density at radius 3 is 2.53 bits per heavy atom. The lowest BCUT2D eigenvalue weighted by Crippen LogP contribution is -1.81. The van der Waals surface area contributed by atoms with Crippen LogP contribution in [0.15, 0.2) is 30.3 Å². The maximum Gasteiger partial charge on any atom is 0.0923 e. The Labute approximate surface area is 94.3 Å². The molecule has 78 valence electrons. The molecule has 0 saturated carbocycles. The molecular formula is C12H13ClN2. The van der Waals surface area contributed by atoms with Crippen LogP contribution in [-0.2, 0) is 12.3 Å². The number of hydrogen-bond donors (Lipinski definition) is 1. The molecule has 0 radical (unpaired) electrons. The second kappa shape index (κ2) is 4.49. The van der Waals surface area contributed by atoms with Gasteiger partial charge in [-0.05, 0) is 18.1 Å². The summed E-state index contributed by atoms with van der Waals surface area (Å²) >= 11 is 5.70. The zero-order valence-corrected chi connectivity index (χ0v) is 9.38. The number of rotatable bonds is 3. The van der Waals surface area contributed by atoms with Crippen LogP contribution in [0.25, 0.3) is 11.3 Å². The standard InChI is InChI=1S/C12H13ClN2/c1-2-9-3-5-10(6-4-9)12-7-11(8-13)14-15-12/h3-7H,2,8H2,1H3,(H,14,15). The lowest BCUT2D eigenvalue weighted by molar-refractivity contribution is 1.04. The molecule has 3 heteroatoms. The van der Waals surface area contributed by atoms with Gasteiger partial charge in [-0.25, -0.2) is 0 Å². The molecule has 0 aliphatic rings. The average molecular weight is 221 g/mol. The van der Waals surface area contributed by atoms with Crippen LogP contribution in [-0.4, -0.2) is 10.2 Å². The smallest absolute Gasteiger partial charge is 0.0923 e. The predicted octanol–water partition coefficient (Wildman–Crippen LogP) is 3.38. The van der Waals surface area contributed by atoms with E-state index < -0.39 is 0 Å². The maximum atomic E-state index is 5.70. The van der Waals surface area contributed by atoms with E-state index in [4.69, 9.17) is 11.6 Å². The third-order valence-electron chi connectivity index (χ3n) is 2.43. The molecule has 1 heterocycles. The number of aryl methyl sites for hydroxylation is 1. The van der Waals surface area contributed by atoms with Crippen LogP contribution in [0.4, 0.5) is 0 Å². The summed E-state index contributed by atoms with van der Waals surface area (Å²) in [6.07, 6.45) is 1.06. The van der Waals surface area contributed by atoms with E-state index in [-0.39, 0.29) is 0 Å². The molecule has 1 N–H and O–H groups in total.